The van der Waals surface area contributed by atoms with Crippen molar-refractivity contribution in [1.82, 2.24) is 0 Å². The molecule has 0 saturated heterocycles. The van der Waals surface area contributed by atoms with Gasteiger partial charge in [-0.15, -0.1) is 0 Å². The maximum Gasteiger partial charge on any atom is 0.328 e. The summed E-state index contributed by atoms with van der Waals surface area (Å²) < 4.78 is 0. The third-order valence-corrected chi connectivity index (χ3v) is 6.38. The van der Waals surface area contributed by atoms with Crippen LogP contribution in [-0.2, 0) is 9.59 Å². The summed E-state index contributed by atoms with van der Waals surface area (Å²) in [6.07, 6.45) is 26.0. The molecule has 0 radical (unpaired) electrons. The van der Waals surface area contributed by atoms with E-state index in [4.69, 9.17) is 10.2 Å². The Morgan fingerprint density at radius 3 is 1.71 bits per heavy atom. The van der Waals surface area contributed by atoms with Crippen LogP contribution in [0.2, 0.25) is 0 Å². The zero-order valence-electron chi connectivity index (χ0n) is 27.4. The number of rotatable bonds is 11. The van der Waals surface area contributed by atoms with E-state index in [9.17, 15) is 9.59 Å². The van der Waals surface area contributed by atoms with Crippen LogP contribution in [0, 0.1) is 11.3 Å². The van der Waals surface area contributed by atoms with E-state index in [1.165, 1.54) is 49.3 Å². The molecule has 0 atom stereocenters. The molecule has 42 heavy (non-hydrogen) atoms. The van der Waals surface area contributed by atoms with Crippen LogP contribution in [0.1, 0.15) is 109 Å². The molecule has 1 rings (SSSR count). The number of hydrogen-bond donors (Lipinski definition) is 2. The number of carboxylic acid groups (broad SMARTS) is 2. The normalized spacial score (nSPS) is 16.2. The standard InChI is InChI=1S/C20H28O2.C11H14O2.C6H14.CH4/c1-15(8-6-9-16(2)14-19(21)22)11-12-18-17(3)10-7-13-20(18,4)5;1-4-9(2)6-5-7-10(3)8-11(12)13;1-4-5-6(2)3;/h6,8-9,11-12,14H,7,10,13H2,1-5H3,(H,21,22);4-8H,1H2,2-3H3,(H,12,13);6H,4-5H2,1-3H3;1H4/b9-6+,12-11+,15-8+,16-14-;7-5+,9-6+,10-8-;;. The molecule has 4 heteroatoms. The first-order chi connectivity index (χ1) is 19.0. The van der Waals surface area contributed by atoms with Crippen molar-refractivity contribution in [1.29, 1.82) is 0 Å². The Bertz CT molecular complexity index is 1080. The van der Waals surface area contributed by atoms with Crippen molar-refractivity contribution >= 4 is 11.9 Å². The monoisotopic (exact) mass is 580 g/mol. The van der Waals surface area contributed by atoms with Crippen LogP contribution in [0.15, 0.2) is 107 Å². The molecule has 0 aromatic rings. The van der Waals surface area contributed by atoms with Crippen LogP contribution in [0.4, 0.5) is 0 Å². The first-order valence-electron chi connectivity index (χ1n) is 14.6. The van der Waals surface area contributed by atoms with Crippen molar-refractivity contribution in [3.05, 3.63) is 107 Å². The predicted molar refractivity (Wildman–Crippen MR) is 185 cm³/mol. The Kier molecular flexibility index (Phi) is 24.8. The molecular formula is C38H60O4. The summed E-state index contributed by atoms with van der Waals surface area (Å²) in [5, 5.41) is 17.0. The van der Waals surface area contributed by atoms with Crippen molar-refractivity contribution < 1.29 is 19.8 Å². The van der Waals surface area contributed by atoms with Gasteiger partial charge in [-0.1, -0.05) is 133 Å². The molecular weight excluding hydrogens is 520 g/mol. The number of carboxylic acids is 2. The lowest BCUT2D eigenvalue weighted by atomic mass is 9.72. The fourth-order valence-corrected chi connectivity index (χ4v) is 4.12. The number of aliphatic carboxylic acids is 2. The Balaban J connectivity index is -0.000000645. The Morgan fingerprint density at radius 2 is 1.36 bits per heavy atom. The molecule has 0 aromatic carbocycles. The van der Waals surface area contributed by atoms with Crippen LogP contribution >= 0.6 is 0 Å². The predicted octanol–water partition coefficient (Wildman–Crippen LogP) is 11.4. The molecule has 0 fully saturated rings. The molecule has 0 saturated carbocycles. The summed E-state index contributed by atoms with van der Waals surface area (Å²) in [6.45, 7) is 24.7. The second-order valence-electron chi connectivity index (χ2n) is 11.6. The molecule has 0 aliphatic heterocycles. The Hall–Kier alpha value is -3.40. The van der Waals surface area contributed by atoms with Crippen molar-refractivity contribution in [2.75, 3.05) is 0 Å². The van der Waals surface area contributed by atoms with Crippen LogP contribution in [-0.4, -0.2) is 22.2 Å². The molecule has 1 aliphatic carbocycles. The lowest BCUT2D eigenvalue weighted by Gasteiger charge is -2.32. The Labute approximate surface area is 258 Å². The van der Waals surface area contributed by atoms with E-state index in [2.05, 4.69) is 67.2 Å². The van der Waals surface area contributed by atoms with Gasteiger partial charge in [0, 0.05) is 12.2 Å². The van der Waals surface area contributed by atoms with E-state index < -0.39 is 11.9 Å². The Morgan fingerprint density at radius 1 is 0.881 bits per heavy atom. The van der Waals surface area contributed by atoms with Gasteiger partial charge in [-0.2, -0.15) is 0 Å². The highest BCUT2D eigenvalue weighted by Crippen LogP contribution is 2.40. The van der Waals surface area contributed by atoms with E-state index in [0.717, 1.165) is 28.7 Å². The van der Waals surface area contributed by atoms with Crippen molar-refractivity contribution in [2.24, 2.45) is 11.3 Å². The van der Waals surface area contributed by atoms with Gasteiger partial charge >= 0.3 is 11.9 Å². The molecule has 0 bridgehead atoms. The summed E-state index contributed by atoms with van der Waals surface area (Å²) in [5.74, 6) is -0.939. The zero-order valence-corrected chi connectivity index (χ0v) is 27.4. The van der Waals surface area contributed by atoms with Crippen LogP contribution in [0.3, 0.4) is 0 Å². The smallest absolute Gasteiger partial charge is 0.328 e. The minimum atomic E-state index is -0.924. The summed E-state index contributed by atoms with van der Waals surface area (Å²) in [7, 11) is 0. The van der Waals surface area contributed by atoms with Crippen molar-refractivity contribution in [2.45, 2.75) is 109 Å². The third-order valence-electron chi connectivity index (χ3n) is 6.38. The van der Waals surface area contributed by atoms with Gasteiger partial charge in [0.15, 0.2) is 0 Å². The summed E-state index contributed by atoms with van der Waals surface area (Å²) in [6, 6.07) is 0. The number of allylic oxidation sites excluding steroid dienone is 15. The van der Waals surface area contributed by atoms with Gasteiger partial charge in [-0.3, -0.25) is 0 Å². The first kappa shape index (κ1) is 43.1. The minimum absolute atomic E-state index is 0. The zero-order chi connectivity index (χ0) is 32.0. The molecule has 2 N–H and O–H groups in total. The van der Waals surface area contributed by atoms with E-state index >= 15 is 0 Å². The molecule has 236 valence electrons. The number of carbonyl (C=O) groups is 2. The van der Waals surface area contributed by atoms with Gasteiger partial charge in [0.1, 0.15) is 0 Å². The van der Waals surface area contributed by atoms with Crippen molar-refractivity contribution in [3.8, 4) is 0 Å². The van der Waals surface area contributed by atoms with Crippen LogP contribution < -0.4 is 0 Å². The number of hydrogen-bond acceptors (Lipinski definition) is 2. The first-order valence-corrected chi connectivity index (χ1v) is 14.6. The van der Waals surface area contributed by atoms with Crippen molar-refractivity contribution in [3.63, 3.8) is 0 Å². The lowest BCUT2D eigenvalue weighted by Crippen LogP contribution is -2.19. The average Bonchev–Trinajstić information content (AvgIpc) is 2.83. The quantitative estimate of drug-likeness (QED) is 0.188. The third kappa shape index (κ3) is 24.4. The van der Waals surface area contributed by atoms with E-state index in [1.807, 2.05) is 25.2 Å². The summed E-state index contributed by atoms with van der Waals surface area (Å²) in [5.41, 5.74) is 6.84. The lowest BCUT2D eigenvalue weighted by molar-refractivity contribution is -0.132. The van der Waals surface area contributed by atoms with E-state index in [-0.39, 0.29) is 12.8 Å². The van der Waals surface area contributed by atoms with Gasteiger partial charge in [0.2, 0.25) is 0 Å². The maximum atomic E-state index is 10.5. The molecule has 4 nitrogen and oxygen atoms in total. The molecule has 0 aromatic heterocycles. The fraction of sp³-hybridized carbons (Fsp3) is 0.474. The fourth-order valence-electron chi connectivity index (χ4n) is 4.12. The maximum absolute atomic E-state index is 10.5. The van der Waals surface area contributed by atoms with Crippen LogP contribution in [0.5, 0.6) is 0 Å². The van der Waals surface area contributed by atoms with Gasteiger partial charge in [-0.05, 0) is 81.9 Å². The largest absolute Gasteiger partial charge is 0.478 e. The SMILES string of the molecule is C.C=C/C(C)=C/C=C/C(C)=C\C(=O)O.CC1=C(/C=C/C(C)=C/C=C/C(C)=C\C(=O)O)C(C)(C)CCC1.CCCC(C)C. The highest BCUT2D eigenvalue weighted by atomic mass is 16.4. The molecule has 1 aliphatic rings. The van der Waals surface area contributed by atoms with E-state index in [0.29, 0.717) is 5.57 Å². The highest BCUT2D eigenvalue weighted by Gasteiger charge is 2.26. The summed E-state index contributed by atoms with van der Waals surface area (Å²) in [4.78, 5) is 20.8. The van der Waals surface area contributed by atoms with Gasteiger partial charge < -0.3 is 10.2 Å². The molecule has 0 spiro atoms. The second-order valence-corrected chi connectivity index (χ2v) is 11.6. The molecule has 0 unspecified atom stereocenters. The molecule has 0 amide bonds. The average molecular weight is 581 g/mol. The van der Waals surface area contributed by atoms with Crippen LogP contribution in [0.25, 0.3) is 0 Å². The topological polar surface area (TPSA) is 74.6 Å². The van der Waals surface area contributed by atoms with Gasteiger partial charge in [-0.25, -0.2) is 9.59 Å². The van der Waals surface area contributed by atoms with Gasteiger partial charge in [0.25, 0.3) is 0 Å². The highest BCUT2D eigenvalue weighted by molar-refractivity contribution is 5.81. The minimum Gasteiger partial charge on any atom is -0.478 e. The molecule has 0 heterocycles. The second kappa shape index (κ2) is 24.2. The van der Waals surface area contributed by atoms with Gasteiger partial charge in [0.05, 0.1) is 0 Å². The van der Waals surface area contributed by atoms with E-state index in [1.54, 1.807) is 38.2 Å². The summed E-state index contributed by atoms with van der Waals surface area (Å²) >= 11 is 0.